The number of aromatic nitrogens is 5. The first kappa shape index (κ1) is 28.4. The summed E-state index contributed by atoms with van der Waals surface area (Å²) in [5.41, 5.74) is 3.63. The van der Waals surface area contributed by atoms with Crippen molar-refractivity contribution in [1.29, 1.82) is 0 Å². The molecule has 1 aliphatic rings. The highest BCUT2D eigenvalue weighted by molar-refractivity contribution is 5.93. The highest BCUT2D eigenvalue weighted by Gasteiger charge is 2.36. The number of hydrogen-bond donors (Lipinski definition) is 0. The molecule has 1 amide bonds. The molecule has 0 spiro atoms. The summed E-state index contributed by atoms with van der Waals surface area (Å²) in [6.45, 7) is 6.81. The van der Waals surface area contributed by atoms with Gasteiger partial charge in [-0.1, -0.05) is 18.2 Å². The number of fused-ring (bicyclic) bond motifs is 1. The van der Waals surface area contributed by atoms with Gasteiger partial charge in [0, 0.05) is 55.6 Å². The third-order valence-corrected chi connectivity index (χ3v) is 7.81. The third-order valence-electron chi connectivity index (χ3n) is 7.81. The Balaban J connectivity index is 1.19. The highest BCUT2D eigenvalue weighted by Crippen LogP contribution is 2.33. The first-order valence-corrected chi connectivity index (χ1v) is 13.9. The first-order chi connectivity index (χ1) is 20.6. The summed E-state index contributed by atoms with van der Waals surface area (Å²) in [6.07, 6.45) is -4.70. The number of amides is 1. The summed E-state index contributed by atoms with van der Waals surface area (Å²) in [5.74, 6) is 0.152. The standard InChI is InChI=1S/C31H30F3N7O2/c1-20-25(21(2)40(36-20)23-7-5-4-6-8-23)19-38-13-15-39(16-14-38)30(42)27-18-29-35-26(22-9-11-24(43-3)12-10-22)17-28(31(32,33)34)41(29)37-27/h4-12,17-18H,13-16,19H2,1-3H3. The van der Waals surface area contributed by atoms with E-state index in [1.54, 1.807) is 29.2 Å². The Bertz CT molecular complexity index is 1770. The second kappa shape index (κ2) is 11.2. The lowest BCUT2D eigenvalue weighted by Gasteiger charge is -2.34. The summed E-state index contributed by atoms with van der Waals surface area (Å²) in [5, 5.41) is 8.79. The Morgan fingerprint density at radius 3 is 2.28 bits per heavy atom. The van der Waals surface area contributed by atoms with Crippen LogP contribution in [0.2, 0.25) is 0 Å². The number of alkyl halides is 3. The van der Waals surface area contributed by atoms with E-state index in [0.29, 0.717) is 48.6 Å². The fraction of sp³-hybridized carbons (Fsp3) is 0.290. The van der Waals surface area contributed by atoms with Gasteiger partial charge in [-0.2, -0.15) is 23.4 Å². The smallest absolute Gasteiger partial charge is 0.433 e. The molecule has 0 N–H and O–H groups in total. The number of benzene rings is 2. The molecule has 4 heterocycles. The number of para-hydroxylation sites is 1. The summed E-state index contributed by atoms with van der Waals surface area (Å²) in [4.78, 5) is 21.7. The van der Waals surface area contributed by atoms with Gasteiger partial charge in [-0.05, 0) is 56.3 Å². The maximum Gasteiger partial charge on any atom is 0.433 e. The Morgan fingerprint density at radius 2 is 1.63 bits per heavy atom. The lowest BCUT2D eigenvalue weighted by Crippen LogP contribution is -2.48. The zero-order chi connectivity index (χ0) is 30.3. The quantitative estimate of drug-likeness (QED) is 0.272. The number of halogens is 3. The van der Waals surface area contributed by atoms with Crippen LogP contribution in [0.5, 0.6) is 5.75 Å². The van der Waals surface area contributed by atoms with Crippen LogP contribution in [0.4, 0.5) is 13.2 Å². The number of methoxy groups -OCH3 is 1. The number of hydrogen-bond acceptors (Lipinski definition) is 6. The molecular formula is C31H30F3N7O2. The molecule has 6 rings (SSSR count). The average molecular weight is 590 g/mol. The Morgan fingerprint density at radius 1 is 0.930 bits per heavy atom. The lowest BCUT2D eigenvalue weighted by molar-refractivity contribution is -0.142. The van der Waals surface area contributed by atoms with Crippen molar-refractivity contribution in [2.24, 2.45) is 0 Å². The molecular weight excluding hydrogens is 559 g/mol. The molecule has 0 saturated carbocycles. The number of aryl methyl sites for hydroxylation is 1. The number of carbonyl (C=O) groups excluding carboxylic acids is 1. The van der Waals surface area contributed by atoms with Crippen molar-refractivity contribution >= 4 is 11.6 Å². The van der Waals surface area contributed by atoms with Crippen LogP contribution in [0.3, 0.4) is 0 Å². The molecule has 222 valence electrons. The van der Waals surface area contributed by atoms with E-state index in [0.717, 1.165) is 28.7 Å². The zero-order valence-electron chi connectivity index (χ0n) is 24.0. The molecule has 1 saturated heterocycles. The highest BCUT2D eigenvalue weighted by atomic mass is 19.4. The van der Waals surface area contributed by atoms with Gasteiger partial charge in [-0.15, -0.1) is 0 Å². The van der Waals surface area contributed by atoms with Crippen LogP contribution >= 0.6 is 0 Å². The minimum Gasteiger partial charge on any atom is -0.497 e. The van der Waals surface area contributed by atoms with Gasteiger partial charge in [0.05, 0.1) is 24.2 Å². The SMILES string of the molecule is COc1ccc(-c2cc(C(F)(F)F)n3nc(C(=O)N4CCN(Cc5c(C)nn(-c6ccccc6)c5C)CC4)cc3n2)cc1. The lowest BCUT2D eigenvalue weighted by atomic mass is 10.1. The van der Waals surface area contributed by atoms with Crippen LogP contribution in [-0.2, 0) is 12.7 Å². The van der Waals surface area contributed by atoms with Crippen LogP contribution in [-0.4, -0.2) is 73.4 Å². The van der Waals surface area contributed by atoms with Gasteiger partial charge in [-0.25, -0.2) is 14.2 Å². The molecule has 0 bridgehead atoms. The van der Waals surface area contributed by atoms with Crippen LogP contribution in [0, 0.1) is 13.8 Å². The fourth-order valence-electron chi connectivity index (χ4n) is 5.41. The van der Waals surface area contributed by atoms with E-state index in [2.05, 4.69) is 21.9 Å². The van der Waals surface area contributed by atoms with Gasteiger partial charge < -0.3 is 9.64 Å². The van der Waals surface area contributed by atoms with Gasteiger partial charge in [0.2, 0.25) is 0 Å². The maximum atomic E-state index is 14.1. The van der Waals surface area contributed by atoms with Crippen molar-refractivity contribution in [3.05, 3.63) is 95.1 Å². The van der Waals surface area contributed by atoms with Gasteiger partial charge in [-0.3, -0.25) is 9.69 Å². The topological polar surface area (TPSA) is 80.8 Å². The van der Waals surface area contributed by atoms with Crippen molar-refractivity contribution in [2.75, 3.05) is 33.3 Å². The molecule has 2 aromatic carbocycles. The Kier molecular flexibility index (Phi) is 7.38. The van der Waals surface area contributed by atoms with E-state index in [1.165, 1.54) is 13.2 Å². The van der Waals surface area contributed by atoms with Crippen molar-refractivity contribution < 1.29 is 22.7 Å². The molecule has 0 aliphatic carbocycles. The van der Waals surface area contributed by atoms with Gasteiger partial charge >= 0.3 is 6.18 Å². The van der Waals surface area contributed by atoms with E-state index in [9.17, 15) is 18.0 Å². The van der Waals surface area contributed by atoms with Crippen LogP contribution in [0.15, 0.2) is 66.7 Å². The third kappa shape index (κ3) is 5.57. The van der Waals surface area contributed by atoms with E-state index in [1.807, 2.05) is 41.9 Å². The van der Waals surface area contributed by atoms with Crippen LogP contribution in [0.1, 0.15) is 33.1 Å². The number of ether oxygens (including phenoxy) is 1. The van der Waals surface area contributed by atoms with Gasteiger partial charge in [0.25, 0.3) is 5.91 Å². The monoisotopic (exact) mass is 589 g/mol. The molecule has 0 radical (unpaired) electrons. The van der Waals surface area contributed by atoms with Crippen molar-refractivity contribution in [3.63, 3.8) is 0 Å². The molecule has 43 heavy (non-hydrogen) atoms. The van der Waals surface area contributed by atoms with Crippen molar-refractivity contribution in [1.82, 2.24) is 34.2 Å². The zero-order valence-corrected chi connectivity index (χ0v) is 24.0. The molecule has 3 aromatic heterocycles. The predicted molar refractivity (Wildman–Crippen MR) is 154 cm³/mol. The van der Waals surface area contributed by atoms with E-state index in [4.69, 9.17) is 9.84 Å². The minimum absolute atomic E-state index is 0.0518. The molecule has 0 unspecified atom stereocenters. The molecule has 1 aliphatic heterocycles. The van der Waals surface area contributed by atoms with Crippen LogP contribution < -0.4 is 4.74 Å². The summed E-state index contributed by atoms with van der Waals surface area (Å²) in [7, 11) is 1.51. The molecule has 0 atom stereocenters. The second-order valence-corrected chi connectivity index (χ2v) is 10.5. The van der Waals surface area contributed by atoms with Crippen molar-refractivity contribution in [2.45, 2.75) is 26.6 Å². The van der Waals surface area contributed by atoms with E-state index >= 15 is 0 Å². The summed E-state index contributed by atoms with van der Waals surface area (Å²) >= 11 is 0. The summed E-state index contributed by atoms with van der Waals surface area (Å²) < 4.78 is 50.0. The normalized spacial score (nSPS) is 14.4. The maximum absolute atomic E-state index is 14.1. The number of piperazine rings is 1. The number of nitrogens with zero attached hydrogens (tertiary/aromatic N) is 7. The van der Waals surface area contributed by atoms with E-state index in [-0.39, 0.29) is 17.0 Å². The largest absolute Gasteiger partial charge is 0.497 e. The Labute approximate surface area is 246 Å². The number of carbonyl (C=O) groups is 1. The predicted octanol–water partition coefficient (Wildman–Crippen LogP) is 5.18. The minimum atomic E-state index is -4.70. The molecule has 9 nitrogen and oxygen atoms in total. The molecule has 5 aromatic rings. The van der Waals surface area contributed by atoms with Gasteiger partial charge in [0.15, 0.2) is 17.0 Å². The molecule has 12 heteroatoms. The van der Waals surface area contributed by atoms with Gasteiger partial charge in [0.1, 0.15) is 5.75 Å². The fourth-order valence-corrected chi connectivity index (χ4v) is 5.41. The van der Waals surface area contributed by atoms with E-state index < -0.39 is 17.8 Å². The number of rotatable bonds is 6. The molecule has 1 fully saturated rings. The summed E-state index contributed by atoms with van der Waals surface area (Å²) in [6, 6.07) is 18.8. The van der Waals surface area contributed by atoms with Crippen molar-refractivity contribution in [3.8, 4) is 22.7 Å². The Hall–Kier alpha value is -4.71. The first-order valence-electron chi connectivity index (χ1n) is 13.9. The average Bonchev–Trinajstić information content (AvgIpc) is 3.57. The second-order valence-electron chi connectivity index (χ2n) is 10.5. The van der Waals surface area contributed by atoms with Crippen LogP contribution in [0.25, 0.3) is 22.6 Å².